The molecule has 0 aliphatic carbocycles. The van der Waals surface area contributed by atoms with Gasteiger partial charge in [-0.2, -0.15) is 0 Å². The second-order valence-electron chi connectivity index (χ2n) is 6.47. The van der Waals surface area contributed by atoms with Gasteiger partial charge in [0.25, 0.3) is 0 Å². The summed E-state index contributed by atoms with van der Waals surface area (Å²) in [5.74, 6) is 0.134. The summed E-state index contributed by atoms with van der Waals surface area (Å²) < 4.78 is 2.30. The lowest BCUT2D eigenvalue weighted by atomic mass is 9.97. The smallest absolute Gasteiger partial charge is 0.220 e. The molecule has 1 unspecified atom stereocenters. The van der Waals surface area contributed by atoms with Gasteiger partial charge >= 0.3 is 0 Å². The molecule has 0 spiro atoms. The number of aromatic nitrogens is 1. The Bertz CT molecular complexity index is 642. The highest BCUT2D eigenvalue weighted by Gasteiger charge is 2.39. The number of hydrogen-bond acceptors (Lipinski definition) is 1. The zero-order valence-electron chi connectivity index (χ0n) is 12.9. The maximum Gasteiger partial charge on any atom is 0.220 e. The predicted octanol–water partition coefficient (Wildman–Crippen LogP) is 3.72. The third-order valence-corrected chi connectivity index (χ3v) is 4.44. The van der Waals surface area contributed by atoms with E-state index in [0.29, 0.717) is 6.54 Å². The quantitative estimate of drug-likeness (QED) is 0.842. The first kappa shape index (κ1) is 13.9. The summed E-state index contributed by atoms with van der Waals surface area (Å²) in [5.41, 5.74) is 2.48. The van der Waals surface area contributed by atoms with Crippen LogP contribution in [-0.4, -0.2) is 15.4 Å². The van der Waals surface area contributed by atoms with Crippen LogP contribution in [-0.2, 0) is 16.9 Å². The molecule has 2 heterocycles. The van der Waals surface area contributed by atoms with Crippen molar-refractivity contribution >= 4 is 5.91 Å². The van der Waals surface area contributed by atoms with Crippen LogP contribution in [0.3, 0.4) is 0 Å². The molecular weight excluding hydrogens is 260 g/mol. The lowest BCUT2D eigenvalue weighted by molar-refractivity contribution is -0.132. The van der Waals surface area contributed by atoms with E-state index in [-0.39, 0.29) is 17.5 Å². The fourth-order valence-corrected chi connectivity index (χ4v) is 3.38. The Balaban J connectivity index is 1.92. The molecule has 1 atom stereocenters. The second kappa shape index (κ2) is 5.06. The van der Waals surface area contributed by atoms with Crippen molar-refractivity contribution in [1.82, 2.24) is 9.47 Å². The first-order chi connectivity index (χ1) is 9.99. The van der Waals surface area contributed by atoms with Crippen molar-refractivity contribution in [3.63, 3.8) is 0 Å². The Labute approximate surface area is 126 Å². The van der Waals surface area contributed by atoms with Gasteiger partial charge in [-0.25, -0.2) is 0 Å². The van der Waals surface area contributed by atoms with Gasteiger partial charge in [0.15, 0.2) is 0 Å². The predicted molar refractivity (Wildman–Crippen MR) is 83.8 cm³/mol. The van der Waals surface area contributed by atoms with Crippen LogP contribution in [0.15, 0.2) is 48.7 Å². The number of benzene rings is 1. The number of carbonyl (C=O) groups is 1. The normalized spacial score (nSPS) is 19.3. The maximum atomic E-state index is 12.2. The first-order valence-electron chi connectivity index (χ1n) is 7.48. The summed E-state index contributed by atoms with van der Waals surface area (Å²) in [7, 11) is 0. The van der Waals surface area contributed by atoms with Gasteiger partial charge in [-0.3, -0.25) is 4.79 Å². The fraction of sp³-hybridized carbons (Fsp3) is 0.389. The standard InChI is InChI=1S/C18H22N2O/c1-14(21)19(13-15-8-5-4-6-9-15)17-12-18(2,3)20-11-7-10-16(17)20/h4-11,17H,12-13H2,1-3H3. The number of fused-ring (bicyclic) bond motifs is 1. The summed E-state index contributed by atoms with van der Waals surface area (Å²) in [5, 5.41) is 0. The maximum absolute atomic E-state index is 12.2. The highest BCUT2D eigenvalue weighted by atomic mass is 16.2. The van der Waals surface area contributed by atoms with E-state index in [1.165, 1.54) is 11.3 Å². The minimum atomic E-state index is 0.0634. The van der Waals surface area contributed by atoms with Crippen LogP contribution in [0.25, 0.3) is 0 Å². The molecule has 0 radical (unpaired) electrons. The minimum absolute atomic E-state index is 0.0634. The number of rotatable bonds is 3. The Morgan fingerprint density at radius 3 is 2.62 bits per heavy atom. The monoisotopic (exact) mass is 282 g/mol. The van der Waals surface area contributed by atoms with Crippen molar-refractivity contribution in [2.24, 2.45) is 0 Å². The van der Waals surface area contributed by atoms with Crippen molar-refractivity contribution in [1.29, 1.82) is 0 Å². The van der Waals surface area contributed by atoms with E-state index < -0.39 is 0 Å². The largest absolute Gasteiger partial charge is 0.344 e. The van der Waals surface area contributed by atoms with E-state index in [1.54, 1.807) is 6.92 Å². The minimum Gasteiger partial charge on any atom is -0.344 e. The average Bonchev–Trinajstić information content (AvgIpc) is 3.01. The van der Waals surface area contributed by atoms with Crippen LogP contribution in [0.2, 0.25) is 0 Å². The lowest BCUT2D eigenvalue weighted by Crippen LogP contribution is -2.32. The van der Waals surface area contributed by atoms with E-state index >= 15 is 0 Å². The summed E-state index contributed by atoms with van der Waals surface area (Å²) in [6.07, 6.45) is 3.09. The summed E-state index contributed by atoms with van der Waals surface area (Å²) in [6.45, 7) is 6.80. The molecule has 0 N–H and O–H groups in total. The average molecular weight is 282 g/mol. The van der Waals surface area contributed by atoms with Crippen LogP contribution in [0, 0.1) is 0 Å². The number of carbonyl (C=O) groups excluding carboxylic acids is 1. The molecule has 21 heavy (non-hydrogen) atoms. The molecule has 1 aromatic carbocycles. The third kappa shape index (κ3) is 2.48. The Kier molecular flexibility index (Phi) is 3.36. The van der Waals surface area contributed by atoms with Gasteiger partial charge in [0, 0.05) is 30.9 Å². The molecule has 0 saturated heterocycles. The molecule has 3 heteroatoms. The van der Waals surface area contributed by atoms with Crippen molar-refractivity contribution < 1.29 is 4.79 Å². The Morgan fingerprint density at radius 2 is 1.95 bits per heavy atom. The van der Waals surface area contributed by atoms with Crippen molar-refractivity contribution in [2.45, 2.75) is 45.3 Å². The molecule has 0 bridgehead atoms. The van der Waals surface area contributed by atoms with Gasteiger partial charge in [-0.1, -0.05) is 30.3 Å². The molecule has 0 saturated carbocycles. The number of hydrogen-bond donors (Lipinski definition) is 0. The molecule has 1 aliphatic rings. The van der Waals surface area contributed by atoms with Gasteiger partial charge in [0.2, 0.25) is 5.91 Å². The van der Waals surface area contributed by atoms with Crippen molar-refractivity contribution in [3.05, 3.63) is 59.9 Å². The van der Waals surface area contributed by atoms with Crippen LogP contribution in [0.4, 0.5) is 0 Å². The van der Waals surface area contributed by atoms with Gasteiger partial charge in [0.1, 0.15) is 0 Å². The topological polar surface area (TPSA) is 25.2 Å². The van der Waals surface area contributed by atoms with Gasteiger partial charge < -0.3 is 9.47 Å². The Hall–Kier alpha value is -2.03. The van der Waals surface area contributed by atoms with E-state index in [2.05, 4.69) is 48.9 Å². The van der Waals surface area contributed by atoms with Crippen LogP contribution in [0.5, 0.6) is 0 Å². The van der Waals surface area contributed by atoms with Crippen LogP contribution in [0.1, 0.15) is 44.5 Å². The van der Waals surface area contributed by atoms with Gasteiger partial charge in [0.05, 0.1) is 6.04 Å². The fourth-order valence-electron chi connectivity index (χ4n) is 3.38. The molecular formula is C18H22N2O. The first-order valence-corrected chi connectivity index (χ1v) is 7.48. The molecule has 1 aromatic heterocycles. The van der Waals surface area contributed by atoms with E-state index in [0.717, 1.165) is 6.42 Å². The highest BCUT2D eigenvalue weighted by molar-refractivity contribution is 5.74. The molecule has 1 aliphatic heterocycles. The van der Waals surface area contributed by atoms with Gasteiger partial charge in [-0.15, -0.1) is 0 Å². The lowest BCUT2D eigenvalue weighted by Gasteiger charge is -2.29. The Morgan fingerprint density at radius 1 is 1.24 bits per heavy atom. The zero-order chi connectivity index (χ0) is 15.0. The van der Waals surface area contributed by atoms with Crippen molar-refractivity contribution in [2.75, 3.05) is 0 Å². The number of amides is 1. The highest BCUT2D eigenvalue weighted by Crippen LogP contribution is 2.42. The van der Waals surface area contributed by atoms with E-state index in [9.17, 15) is 4.79 Å². The van der Waals surface area contributed by atoms with Crippen molar-refractivity contribution in [3.8, 4) is 0 Å². The molecule has 3 rings (SSSR count). The van der Waals surface area contributed by atoms with Crippen LogP contribution >= 0.6 is 0 Å². The molecule has 3 nitrogen and oxygen atoms in total. The second-order valence-corrected chi connectivity index (χ2v) is 6.47. The molecule has 2 aromatic rings. The molecule has 110 valence electrons. The SMILES string of the molecule is CC(=O)N(Cc1ccccc1)C1CC(C)(C)n2cccc21. The summed E-state index contributed by atoms with van der Waals surface area (Å²) in [6, 6.07) is 14.6. The molecule has 0 fully saturated rings. The third-order valence-electron chi connectivity index (χ3n) is 4.44. The summed E-state index contributed by atoms with van der Waals surface area (Å²) >= 11 is 0. The van der Waals surface area contributed by atoms with E-state index in [1.807, 2.05) is 23.1 Å². The van der Waals surface area contributed by atoms with E-state index in [4.69, 9.17) is 0 Å². The van der Waals surface area contributed by atoms with Gasteiger partial charge in [-0.05, 0) is 38.0 Å². The number of nitrogens with zero attached hydrogens (tertiary/aromatic N) is 2. The molecule has 1 amide bonds. The summed E-state index contributed by atoms with van der Waals surface area (Å²) in [4.78, 5) is 14.2. The van der Waals surface area contributed by atoms with Crippen LogP contribution < -0.4 is 0 Å². The zero-order valence-corrected chi connectivity index (χ0v) is 12.9.